The van der Waals surface area contributed by atoms with E-state index in [1.165, 1.54) is 25.0 Å². The van der Waals surface area contributed by atoms with Gasteiger partial charge < -0.3 is 5.32 Å². The molecule has 2 atom stereocenters. The number of hydrogen-bond acceptors (Lipinski definition) is 4. The Kier molecular flexibility index (Phi) is 4.53. The third kappa shape index (κ3) is 3.30. The fourth-order valence-electron chi connectivity index (χ4n) is 2.84. The zero-order valence-electron chi connectivity index (χ0n) is 11.9. The Labute approximate surface area is 124 Å². The molecule has 3 nitrogen and oxygen atoms in total. The molecule has 1 saturated carbocycles. The van der Waals surface area contributed by atoms with E-state index in [2.05, 4.69) is 34.0 Å². The Bertz CT molecular complexity index is 572. The van der Waals surface area contributed by atoms with Gasteiger partial charge in [0.15, 0.2) is 0 Å². The van der Waals surface area contributed by atoms with Crippen molar-refractivity contribution in [1.82, 2.24) is 15.3 Å². The van der Waals surface area contributed by atoms with Crippen molar-refractivity contribution < 1.29 is 0 Å². The summed E-state index contributed by atoms with van der Waals surface area (Å²) in [6, 6.07) is 8.68. The molecule has 2 unspecified atom stereocenters. The van der Waals surface area contributed by atoms with Crippen LogP contribution < -0.4 is 5.32 Å². The van der Waals surface area contributed by atoms with E-state index in [0.717, 1.165) is 28.5 Å². The van der Waals surface area contributed by atoms with Crippen LogP contribution >= 0.6 is 11.8 Å². The van der Waals surface area contributed by atoms with Gasteiger partial charge in [0.1, 0.15) is 0 Å². The maximum Gasteiger partial charge on any atom is 0.0890 e. The van der Waals surface area contributed by atoms with Gasteiger partial charge in [0.2, 0.25) is 0 Å². The highest BCUT2D eigenvalue weighted by atomic mass is 32.2. The molecule has 0 saturated heterocycles. The zero-order chi connectivity index (χ0) is 13.8. The van der Waals surface area contributed by atoms with Crippen molar-refractivity contribution in [2.75, 3.05) is 5.75 Å². The SMILES string of the molecule is CCSC1CCC(NCc2cnc3ccccc3n2)C1. The zero-order valence-corrected chi connectivity index (χ0v) is 12.7. The lowest BCUT2D eigenvalue weighted by atomic mass is 10.2. The van der Waals surface area contributed by atoms with Crippen LogP contribution in [0.5, 0.6) is 0 Å². The molecule has 1 fully saturated rings. The average molecular weight is 287 g/mol. The molecular weight excluding hydrogens is 266 g/mol. The number of para-hydroxylation sites is 2. The molecule has 0 amide bonds. The quantitative estimate of drug-likeness (QED) is 0.914. The molecular formula is C16H21N3S. The van der Waals surface area contributed by atoms with E-state index in [-0.39, 0.29) is 0 Å². The summed E-state index contributed by atoms with van der Waals surface area (Å²) in [4.78, 5) is 9.13. The second-order valence-electron chi connectivity index (χ2n) is 5.32. The van der Waals surface area contributed by atoms with Crippen LogP contribution in [0, 0.1) is 0 Å². The Balaban J connectivity index is 1.57. The van der Waals surface area contributed by atoms with Crippen LogP contribution in [-0.4, -0.2) is 27.0 Å². The second kappa shape index (κ2) is 6.55. The molecule has 1 aliphatic carbocycles. The van der Waals surface area contributed by atoms with Crippen molar-refractivity contribution in [2.24, 2.45) is 0 Å². The van der Waals surface area contributed by atoms with Crippen LogP contribution in [-0.2, 0) is 6.54 Å². The van der Waals surface area contributed by atoms with Gasteiger partial charge in [-0.25, -0.2) is 4.98 Å². The maximum absolute atomic E-state index is 4.66. The Morgan fingerprint density at radius 2 is 2.10 bits per heavy atom. The summed E-state index contributed by atoms with van der Waals surface area (Å²) in [7, 11) is 0. The summed E-state index contributed by atoms with van der Waals surface area (Å²) in [6.07, 6.45) is 5.82. The van der Waals surface area contributed by atoms with E-state index in [1.54, 1.807) is 0 Å². The monoisotopic (exact) mass is 287 g/mol. The molecule has 1 aromatic heterocycles. The maximum atomic E-state index is 4.66. The molecule has 1 aromatic carbocycles. The summed E-state index contributed by atoms with van der Waals surface area (Å²) in [5.41, 5.74) is 2.99. The van der Waals surface area contributed by atoms with E-state index >= 15 is 0 Å². The van der Waals surface area contributed by atoms with E-state index < -0.39 is 0 Å². The molecule has 1 heterocycles. The van der Waals surface area contributed by atoms with Gasteiger partial charge in [0, 0.05) is 17.8 Å². The van der Waals surface area contributed by atoms with Gasteiger partial charge in [-0.05, 0) is 37.1 Å². The Morgan fingerprint density at radius 1 is 1.25 bits per heavy atom. The van der Waals surface area contributed by atoms with Gasteiger partial charge in [-0.1, -0.05) is 19.1 Å². The van der Waals surface area contributed by atoms with E-state index in [9.17, 15) is 0 Å². The summed E-state index contributed by atoms with van der Waals surface area (Å²) in [5, 5.41) is 4.48. The third-order valence-electron chi connectivity index (χ3n) is 3.86. The van der Waals surface area contributed by atoms with Crippen LogP contribution in [0.25, 0.3) is 11.0 Å². The number of rotatable bonds is 5. The van der Waals surface area contributed by atoms with Crippen molar-refractivity contribution in [3.8, 4) is 0 Å². The first-order valence-electron chi connectivity index (χ1n) is 7.41. The number of thioether (sulfide) groups is 1. The summed E-state index contributed by atoms with van der Waals surface area (Å²) in [6.45, 7) is 3.07. The Morgan fingerprint density at radius 3 is 2.95 bits per heavy atom. The predicted molar refractivity (Wildman–Crippen MR) is 85.9 cm³/mol. The van der Waals surface area contributed by atoms with Crippen LogP contribution in [0.3, 0.4) is 0 Å². The number of nitrogens with zero attached hydrogens (tertiary/aromatic N) is 2. The minimum Gasteiger partial charge on any atom is -0.308 e. The summed E-state index contributed by atoms with van der Waals surface area (Å²) >= 11 is 2.10. The number of fused-ring (bicyclic) bond motifs is 1. The molecule has 4 heteroatoms. The van der Waals surface area contributed by atoms with Crippen LogP contribution in [0.1, 0.15) is 31.9 Å². The lowest BCUT2D eigenvalue weighted by Crippen LogP contribution is -2.26. The molecule has 1 N–H and O–H groups in total. The molecule has 3 rings (SSSR count). The molecule has 2 aromatic rings. The van der Waals surface area contributed by atoms with E-state index in [0.29, 0.717) is 6.04 Å². The van der Waals surface area contributed by atoms with Gasteiger partial charge in [0.25, 0.3) is 0 Å². The van der Waals surface area contributed by atoms with Gasteiger partial charge in [-0.3, -0.25) is 4.98 Å². The van der Waals surface area contributed by atoms with Gasteiger partial charge in [-0.2, -0.15) is 11.8 Å². The van der Waals surface area contributed by atoms with Crippen molar-refractivity contribution >= 4 is 22.8 Å². The first-order valence-corrected chi connectivity index (χ1v) is 8.45. The van der Waals surface area contributed by atoms with Crippen molar-refractivity contribution in [1.29, 1.82) is 0 Å². The molecule has 106 valence electrons. The number of nitrogens with one attached hydrogen (secondary N) is 1. The first-order chi connectivity index (χ1) is 9.85. The molecule has 0 radical (unpaired) electrons. The lowest BCUT2D eigenvalue weighted by Gasteiger charge is -2.12. The number of benzene rings is 1. The number of aromatic nitrogens is 2. The fraction of sp³-hybridized carbons (Fsp3) is 0.500. The fourth-order valence-corrected chi connectivity index (χ4v) is 3.98. The second-order valence-corrected chi connectivity index (χ2v) is 6.90. The minimum atomic E-state index is 0.646. The van der Waals surface area contributed by atoms with E-state index in [1.807, 2.05) is 30.5 Å². The van der Waals surface area contributed by atoms with Crippen LogP contribution in [0.2, 0.25) is 0 Å². The normalized spacial score (nSPS) is 22.4. The van der Waals surface area contributed by atoms with Crippen molar-refractivity contribution in [3.63, 3.8) is 0 Å². The standard InChI is InChI=1S/C16H21N3S/c1-2-20-14-8-7-12(9-14)17-10-13-11-18-15-5-3-4-6-16(15)19-13/h3-6,11-12,14,17H,2,7-10H2,1H3. The van der Waals surface area contributed by atoms with Gasteiger partial charge in [-0.15, -0.1) is 0 Å². The highest BCUT2D eigenvalue weighted by Gasteiger charge is 2.23. The van der Waals surface area contributed by atoms with Crippen molar-refractivity contribution in [3.05, 3.63) is 36.2 Å². The Hall–Kier alpha value is -1.13. The van der Waals surface area contributed by atoms with Crippen molar-refractivity contribution in [2.45, 2.75) is 44.0 Å². The van der Waals surface area contributed by atoms with Crippen LogP contribution in [0.15, 0.2) is 30.5 Å². The average Bonchev–Trinajstić information content (AvgIpc) is 2.93. The largest absolute Gasteiger partial charge is 0.308 e. The molecule has 1 aliphatic rings. The van der Waals surface area contributed by atoms with Crippen LogP contribution in [0.4, 0.5) is 0 Å². The molecule has 20 heavy (non-hydrogen) atoms. The molecule has 0 bridgehead atoms. The highest BCUT2D eigenvalue weighted by Crippen LogP contribution is 2.29. The van der Waals surface area contributed by atoms with E-state index in [4.69, 9.17) is 0 Å². The molecule has 0 aliphatic heterocycles. The van der Waals surface area contributed by atoms with Gasteiger partial charge >= 0.3 is 0 Å². The predicted octanol–water partition coefficient (Wildman–Crippen LogP) is 3.39. The summed E-state index contributed by atoms with van der Waals surface area (Å²) < 4.78 is 0. The minimum absolute atomic E-state index is 0.646. The lowest BCUT2D eigenvalue weighted by molar-refractivity contribution is 0.520. The smallest absolute Gasteiger partial charge is 0.0890 e. The summed E-state index contributed by atoms with van der Waals surface area (Å²) in [5.74, 6) is 1.23. The molecule has 0 spiro atoms. The third-order valence-corrected chi connectivity index (χ3v) is 5.09. The first kappa shape index (κ1) is 13.8. The number of hydrogen-bond donors (Lipinski definition) is 1. The van der Waals surface area contributed by atoms with Gasteiger partial charge in [0.05, 0.1) is 22.9 Å². The highest BCUT2D eigenvalue weighted by molar-refractivity contribution is 7.99. The topological polar surface area (TPSA) is 37.8 Å².